The summed E-state index contributed by atoms with van der Waals surface area (Å²) >= 11 is 5.99. The van der Waals surface area contributed by atoms with E-state index in [1.165, 1.54) is 12.1 Å². The Kier molecular flexibility index (Phi) is 6.86. The van der Waals surface area contributed by atoms with Gasteiger partial charge < -0.3 is 5.32 Å². The van der Waals surface area contributed by atoms with E-state index in [4.69, 9.17) is 11.6 Å². The molecule has 0 heterocycles. The zero-order chi connectivity index (χ0) is 21.9. The maximum absolute atomic E-state index is 13.0. The Morgan fingerprint density at radius 2 is 1.83 bits per heavy atom. The largest absolute Gasteiger partial charge is 0.324 e. The minimum Gasteiger partial charge on any atom is -0.324 e. The molecule has 156 valence electrons. The van der Waals surface area contributed by atoms with Crippen LogP contribution in [0.3, 0.4) is 0 Å². The smallest absolute Gasteiger partial charge is 0.271 e. The molecule has 0 aliphatic carbocycles. The predicted octanol–water partition coefficient (Wildman–Crippen LogP) is 4.05. The summed E-state index contributed by atoms with van der Waals surface area (Å²) in [5, 5.41) is 14.3. The topological polar surface area (TPSA) is 110 Å². The number of aryl methyl sites for hydroxylation is 2. The fourth-order valence-electron chi connectivity index (χ4n) is 2.93. The minimum absolute atomic E-state index is 0.0894. The van der Waals surface area contributed by atoms with Crippen LogP contribution in [0.5, 0.6) is 0 Å². The number of rotatable bonds is 7. The quantitative estimate of drug-likeness (QED) is 0.517. The van der Waals surface area contributed by atoms with Crippen molar-refractivity contribution in [2.24, 2.45) is 0 Å². The summed E-state index contributed by atoms with van der Waals surface area (Å²) in [5.41, 5.74) is 1.54. The number of nitrogens with zero attached hydrogens (tertiary/aromatic N) is 2. The van der Waals surface area contributed by atoms with E-state index < -0.39 is 26.9 Å². The number of hydrogen-bond donors (Lipinski definition) is 1. The average molecular weight is 440 g/mol. The molecular formula is C19H22ClN3O5S. The first-order chi connectivity index (χ1) is 13.5. The first kappa shape index (κ1) is 22.6. The Bertz CT molecular complexity index is 1060. The van der Waals surface area contributed by atoms with Crippen molar-refractivity contribution in [3.63, 3.8) is 0 Å². The first-order valence-corrected chi connectivity index (χ1v) is 11.0. The van der Waals surface area contributed by atoms with E-state index in [0.29, 0.717) is 16.3 Å². The number of nitrogens with one attached hydrogen (secondary N) is 1. The molecule has 10 heteroatoms. The number of anilines is 2. The van der Waals surface area contributed by atoms with Crippen LogP contribution in [-0.2, 0) is 14.8 Å². The maximum atomic E-state index is 13.0. The lowest BCUT2D eigenvalue weighted by Gasteiger charge is -2.31. The molecule has 2 rings (SSSR count). The number of amides is 1. The third-order valence-corrected chi connectivity index (χ3v) is 5.83. The van der Waals surface area contributed by atoms with Gasteiger partial charge in [0.2, 0.25) is 15.9 Å². The van der Waals surface area contributed by atoms with Crippen LogP contribution in [-0.4, -0.2) is 31.5 Å². The van der Waals surface area contributed by atoms with Gasteiger partial charge in [-0.25, -0.2) is 8.42 Å². The third-order valence-electron chi connectivity index (χ3n) is 4.43. The maximum Gasteiger partial charge on any atom is 0.271 e. The SMILES string of the molecule is CC[C@@H](C(=O)Nc1cc(Cl)ccc1C)N(c1cc([N+](=O)[O-])ccc1C)S(C)(=O)=O. The molecule has 0 saturated heterocycles. The van der Waals surface area contributed by atoms with Crippen molar-refractivity contribution in [2.75, 3.05) is 15.9 Å². The summed E-state index contributed by atoms with van der Waals surface area (Å²) in [7, 11) is -3.93. The van der Waals surface area contributed by atoms with Gasteiger partial charge in [-0.15, -0.1) is 0 Å². The van der Waals surface area contributed by atoms with E-state index in [2.05, 4.69) is 5.32 Å². The van der Waals surface area contributed by atoms with Gasteiger partial charge in [0.25, 0.3) is 5.69 Å². The summed E-state index contributed by atoms with van der Waals surface area (Å²) in [6.45, 7) is 5.08. The van der Waals surface area contributed by atoms with Gasteiger partial charge in [0, 0.05) is 22.8 Å². The molecule has 2 aromatic carbocycles. The summed E-state index contributed by atoms with van der Waals surface area (Å²) in [6.07, 6.45) is 1.12. The molecule has 1 atom stereocenters. The van der Waals surface area contributed by atoms with Gasteiger partial charge in [0.05, 0.1) is 16.9 Å². The molecule has 0 aliphatic rings. The van der Waals surface area contributed by atoms with Crippen molar-refractivity contribution in [1.82, 2.24) is 0 Å². The second-order valence-electron chi connectivity index (χ2n) is 6.66. The van der Waals surface area contributed by atoms with E-state index >= 15 is 0 Å². The van der Waals surface area contributed by atoms with E-state index in [1.807, 2.05) is 0 Å². The molecule has 0 aliphatic heterocycles. The van der Waals surface area contributed by atoms with Crippen molar-refractivity contribution in [2.45, 2.75) is 33.2 Å². The van der Waals surface area contributed by atoms with Crippen molar-refractivity contribution < 1.29 is 18.1 Å². The van der Waals surface area contributed by atoms with E-state index in [1.54, 1.807) is 39.0 Å². The van der Waals surface area contributed by atoms with E-state index in [0.717, 1.165) is 22.2 Å². The Labute approximate surface area is 174 Å². The highest BCUT2D eigenvalue weighted by Gasteiger charge is 2.33. The van der Waals surface area contributed by atoms with Crippen molar-refractivity contribution in [1.29, 1.82) is 0 Å². The molecule has 0 unspecified atom stereocenters. The van der Waals surface area contributed by atoms with Crippen LogP contribution in [0.15, 0.2) is 36.4 Å². The molecule has 8 nitrogen and oxygen atoms in total. The van der Waals surface area contributed by atoms with E-state index in [-0.39, 0.29) is 17.8 Å². The molecule has 0 fully saturated rings. The third kappa shape index (κ3) is 5.24. The van der Waals surface area contributed by atoms with Gasteiger partial charge in [-0.05, 0) is 43.5 Å². The number of carbonyl (C=O) groups is 1. The number of sulfonamides is 1. The summed E-state index contributed by atoms with van der Waals surface area (Å²) in [4.78, 5) is 23.6. The zero-order valence-electron chi connectivity index (χ0n) is 16.5. The van der Waals surface area contributed by atoms with Gasteiger partial charge in [-0.3, -0.25) is 19.2 Å². The minimum atomic E-state index is -3.93. The molecule has 29 heavy (non-hydrogen) atoms. The fraction of sp³-hybridized carbons (Fsp3) is 0.316. The van der Waals surface area contributed by atoms with Crippen LogP contribution in [0.1, 0.15) is 24.5 Å². The highest BCUT2D eigenvalue weighted by molar-refractivity contribution is 7.92. The van der Waals surface area contributed by atoms with Gasteiger partial charge in [-0.1, -0.05) is 30.7 Å². The normalized spacial score (nSPS) is 12.3. The number of hydrogen-bond acceptors (Lipinski definition) is 5. The molecule has 0 aromatic heterocycles. The molecular weight excluding hydrogens is 418 g/mol. The van der Waals surface area contributed by atoms with E-state index in [9.17, 15) is 23.3 Å². The van der Waals surface area contributed by atoms with Crippen molar-refractivity contribution in [3.05, 3.63) is 62.7 Å². The molecule has 0 spiro atoms. The number of non-ortho nitro benzene ring substituents is 1. The van der Waals surface area contributed by atoms with Gasteiger partial charge in [-0.2, -0.15) is 0 Å². The predicted molar refractivity (Wildman–Crippen MR) is 114 cm³/mol. The Balaban J connectivity index is 2.53. The Morgan fingerprint density at radius 3 is 2.38 bits per heavy atom. The monoisotopic (exact) mass is 439 g/mol. The first-order valence-electron chi connectivity index (χ1n) is 8.77. The van der Waals surface area contributed by atoms with Crippen LogP contribution >= 0.6 is 11.6 Å². The molecule has 0 bridgehead atoms. The van der Waals surface area contributed by atoms with Gasteiger partial charge in [0.1, 0.15) is 6.04 Å². The lowest BCUT2D eigenvalue weighted by molar-refractivity contribution is -0.384. The second-order valence-corrected chi connectivity index (χ2v) is 8.96. The number of benzene rings is 2. The molecule has 0 radical (unpaired) electrons. The molecule has 1 amide bonds. The number of carbonyl (C=O) groups excluding carboxylic acids is 1. The number of nitro groups is 1. The highest BCUT2D eigenvalue weighted by Crippen LogP contribution is 2.31. The number of halogens is 1. The molecule has 2 aromatic rings. The summed E-state index contributed by atoms with van der Waals surface area (Å²) < 4.78 is 26.1. The summed E-state index contributed by atoms with van der Waals surface area (Å²) in [6, 6.07) is 7.79. The Morgan fingerprint density at radius 1 is 1.21 bits per heavy atom. The van der Waals surface area contributed by atoms with Crippen molar-refractivity contribution in [3.8, 4) is 0 Å². The average Bonchev–Trinajstić information content (AvgIpc) is 2.62. The van der Waals surface area contributed by atoms with Crippen LogP contribution in [0.4, 0.5) is 17.1 Å². The van der Waals surface area contributed by atoms with Crippen molar-refractivity contribution >= 4 is 44.6 Å². The zero-order valence-corrected chi connectivity index (χ0v) is 18.0. The second kappa shape index (κ2) is 8.79. The van der Waals surface area contributed by atoms with Gasteiger partial charge in [0.15, 0.2) is 0 Å². The lowest BCUT2D eigenvalue weighted by Crippen LogP contribution is -2.47. The standard InChI is InChI=1S/C19H22ClN3O5S/c1-5-17(19(24)21-16-10-14(20)8-6-12(16)2)22(29(4,27)28)18-11-15(23(25)26)9-7-13(18)3/h6-11,17H,5H2,1-4H3,(H,21,24)/t17-/m0/s1. The fourth-order valence-corrected chi connectivity index (χ4v) is 4.36. The van der Waals surface area contributed by atoms with Crippen LogP contribution in [0.25, 0.3) is 0 Å². The van der Waals surface area contributed by atoms with Gasteiger partial charge >= 0.3 is 0 Å². The lowest BCUT2D eigenvalue weighted by atomic mass is 10.1. The van der Waals surface area contributed by atoms with Crippen LogP contribution in [0, 0.1) is 24.0 Å². The highest BCUT2D eigenvalue weighted by atomic mass is 35.5. The molecule has 0 saturated carbocycles. The number of nitro benzene ring substituents is 1. The summed E-state index contributed by atoms with van der Waals surface area (Å²) in [5.74, 6) is -0.561. The van der Waals surface area contributed by atoms with Crippen LogP contribution < -0.4 is 9.62 Å². The Hall–Kier alpha value is -2.65. The van der Waals surface area contributed by atoms with Crippen LogP contribution in [0.2, 0.25) is 5.02 Å². The molecule has 1 N–H and O–H groups in total.